The molecule has 13 nitrogen and oxygen atoms in total. The minimum atomic E-state index is -0.794. The molecule has 0 saturated heterocycles. The van der Waals surface area contributed by atoms with Gasteiger partial charge in [0.25, 0.3) is 5.91 Å². The molecule has 186 valence electrons. The number of nitro groups is 1. The van der Waals surface area contributed by atoms with E-state index in [2.05, 4.69) is 35.6 Å². The van der Waals surface area contributed by atoms with Crippen molar-refractivity contribution in [2.24, 2.45) is 0 Å². The van der Waals surface area contributed by atoms with Crippen LogP contribution in [-0.2, 0) is 9.47 Å². The lowest BCUT2D eigenvalue weighted by Gasteiger charge is -2.12. The van der Waals surface area contributed by atoms with E-state index < -0.39 is 28.5 Å². The number of nitrogens with zero attached hydrogens (tertiary/aromatic N) is 3. The van der Waals surface area contributed by atoms with Crippen LogP contribution in [0.4, 0.5) is 23.0 Å². The lowest BCUT2D eigenvalue weighted by molar-refractivity contribution is -0.383. The molecule has 0 aliphatic heterocycles. The summed E-state index contributed by atoms with van der Waals surface area (Å²) in [6, 6.07) is 8.00. The molecule has 36 heavy (non-hydrogen) atoms. The number of anilines is 3. The Morgan fingerprint density at radius 3 is 2.11 bits per heavy atom. The van der Waals surface area contributed by atoms with Crippen molar-refractivity contribution in [3.63, 3.8) is 0 Å². The number of rotatable bonds is 8. The standard InChI is InChI=1S/C21H16Cl2N6O7/c1-35-20(31)10-5-11(21(32)36-2)7-13(6-10)26-17-16(29(33)34)18(25-9-24-17)27-28-19(30)14-4-3-12(22)8-15(14)23/h3-9H,1-2H3,(H,28,30)(H2,24,25,26,27). The van der Waals surface area contributed by atoms with Crippen LogP contribution in [0.5, 0.6) is 0 Å². The number of halogens is 2. The summed E-state index contributed by atoms with van der Waals surface area (Å²) >= 11 is 11.8. The molecule has 3 aromatic rings. The first-order valence-electron chi connectivity index (χ1n) is 9.74. The third-order valence-corrected chi connectivity index (χ3v) is 5.06. The average Bonchev–Trinajstić information content (AvgIpc) is 2.85. The Labute approximate surface area is 212 Å². The molecule has 15 heteroatoms. The van der Waals surface area contributed by atoms with Crippen molar-refractivity contribution in [2.45, 2.75) is 0 Å². The van der Waals surface area contributed by atoms with Crippen LogP contribution in [0.1, 0.15) is 31.1 Å². The van der Waals surface area contributed by atoms with Crippen molar-refractivity contribution in [3.8, 4) is 0 Å². The first-order valence-corrected chi connectivity index (χ1v) is 10.5. The Bertz CT molecular complexity index is 1330. The zero-order valence-electron chi connectivity index (χ0n) is 18.5. The van der Waals surface area contributed by atoms with Gasteiger partial charge in [0.05, 0.1) is 40.9 Å². The zero-order valence-corrected chi connectivity index (χ0v) is 20.0. The summed E-state index contributed by atoms with van der Waals surface area (Å²) in [4.78, 5) is 55.2. The van der Waals surface area contributed by atoms with Crippen LogP contribution >= 0.6 is 23.2 Å². The van der Waals surface area contributed by atoms with Crippen LogP contribution in [-0.4, -0.2) is 47.0 Å². The molecule has 1 amide bonds. The number of hydrogen-bond donors (Lipinski definition) is 3. The summed E-state index contributed by atoms with van der Waals surface area (Å²) in [6.07, 6.45) is 0.991. The maximum atomic E-state index is 12.4. The molecule has 0 spiro atoms. The van der Waals surface area contributed by atoms with Gasteiger partial charge < -0.3 is 14.8 Å². The molecule has 0 aliphatic carbocycles. The van der Waals surface area contributed by atoms with Gasteiger partial charge in [0.1, 0.15) is 6.33 Å². The number of methoxy groups -OCH3 is 2. The van der Waals surface area contributed by atoms with E-state index in [-0.39, 0.29) is 39.0 Å². The van der Waals surface area contributed by atoms with Gasteiger partial charge in [0, 0.05) is 10.7 Å². The highest BCUT2D eigenvalue weighted by Gasteiger charge is 2.25. The van der Waals surface area contributed by atoms with E-state index in [1.807, 2.05) is 0 Å². The average molecular weight is 535 g/mol. The van der Waals surface area contributed by atoms with E-state index in [0.29, 0.717) is 5.02 Å². The van der Waals surface area contributed by atoms with Crippen molar-refractivity contribution in [1.29, 1.82) is 0 Å². The number of benzene rings is 2. The SMILES string of the molecule is COC(=O)c1cc(Nc2ncnc(NNC(=O)c3ccc(Cl)cc3Cl)c2[N+](=O)[O-])cc(C(=O)OC)c1. The molecule has 3 rings (SSSR count). The second-order valence-electron chi connectivity index (χ2n) is 6.79. The van der Waals surface area contributed by atoms with Crippen LogP contribution < -0.4 is 16.2 Å². The third-order valence-electron chi connectivity index (χ3n) is 4.51. The number of carbonyl (C=O) groups is 3. The number of hydrogen-bond acceptors (Lipinski definition) is 11. The van der Waals surface area contributed by atoms with E-state index in [0.717, 1.165) is 20.5 Å². The highest BCUT2D eigenvalue weighted by atomic mass is 35.5. The minimum absolute atomic E-state index is 0.0231. The molecule has 0 bridgehead atoms. The van der Waals surface area contributed by atoms with Crippen LogP contribution in [0, 0.1) is 10.1 Å². The predicted molar refractivity (Wildman–Crippen MR) is 129 cm³/mol. The highest BCUT2D eigenvalue weighted by Crippen LogP contribution is 2.31. The minimum Gasteiger partial charge on any atom is -0.465 e. The van der Waals surface area contributed by atoms with Crippen molar-refractivity contribution >= 4 is 64.1 Å². The summed E-state index contributed by atoms with van der Waals surface area (Å²) in [6.45, 7) is 0. The Morgan fingerprint density at radius 2 is 1.56 bits per heavy atom. The number of hydrazine groups is 1. The van der Waals surface area contributed by atoms with Gasteiger partial charge in [-0.1, -0.05) is 23.2 Å². The van der Waals surface area contributed by atoms with Crippen molar-refractivity contribution in [3.05, 3.63) is 79.6 Å². The number of esters is 2. The molecule has 1 heterocycles. The highest BCUT2D eigenvalue weighted by molar-refractivity contribution is 6.36. The van der Waals surface area contributed by atoms with Gasteiger partial charge in [0.15, 0.2) is 0 Å². The maximum Gasteiger partial charge on any atom is 0.355 e. The van der Waals surface area contributed by atoms with Gasteiger partial charge in [-0.3, -0.25) is 25.8 Å². The largest absolute Gasteiger partial charge is 0.465 e. The summed E-state index contributed by atoms with van der Waals surface area (Å²) in [5.74, 6) is -2.91. The summed E-state index contributed by atoms with van der Waals surface area (Å²) in [5.41, 5.74) is 4.07. The van der Waals surface area contributed by atoms with Gasteiger partial charge in [-0.2, -0.15) is 0 Å². The molecular weight excluding hydrogens is 519 g/mol. The number of aromatic nitrogens is 2. The van der Waals surface area contributed by atoms with Crippen LogP contribution in [0.25, 0.3) is 0 Å². The monoisotopic (exact) mass is 534 g/mol. The molecule has 0 saturated carbocycles. The smallest absolute Gasteiger partial charge is 0.355 e. The quantitative estimate of drug-likeness (QED) is 0.218. The summed E-state index contributed by atoms with van der Waals surface area (Å²) < 4.78 is 9.35. The topological polar surface area (TPSA) is 175 Å². The molecule has 0 radical (unpaired) electrons. The van der Waals surface area contributed by atoms with Crippen molar-refractivity contribution in [1.82, 2.24) is 15.4 Å². The molecule has 0 atom stereocenters. The number of amides is 1. The van der Waals surface area contributed by atoms with E-state index in [1.165, 1.54) is 36.4 Å². The van der Waals surface area contributed by atoms with Gasteiger partial charge in [-0.15, -0.1) is 0 Å². The normalized spacial score (nSPS) is 10.2. The Morgan fingerprint density at radius 1 is 0.944 bits per heavy atom. The third kappa shape index (κ3) is 5.95. The van der Waals surface area contributed by atoms with Gasteiger partial charge in [-0.25, -0.2) is 19.6 Å². The lowest BCUT2D eigenvalue weighted by Crippen LogP contribution is -2.30. The fourth-order valence-corrected chi connectivity index (χ4v) is 3.39. The van der Waals surface area contributed by atoms with Gasteiger partial charge in [-0.05, 0) is 36.4 Å². The Balaban J connectivity index is 1.93. The lowest BCUT2D eigenvalue weighted by atomic mass is 10.1. The number of nitrogens with one attached hydrogen (secondary N) is 3. The fraction of sp³-hybridized carbons (Fsp3) is 0.0952. The molecular formula is C21H16Cl2N6O7. The van der Waals surface area contributed by atoms with E-state index in [9.17, 15) is 24.5 Å². The first kappa shape index (κ1) is 26.1. The van der Waals surface area contributed by atoms with Gasteiger partial charge in [0.2, 0.25) is 11.6 Å². The predicted octanol–water partition coefficient (Wildman–Crippen LogP) is 3.77. The Kier molecular flexibility index (Phi) is 8.19. The zero-order chi connectivity index (χ0) is 26.4. The molecule has 0 unspecified atom stereocenters. The molecule has 0 aliphatic rings. The maximum absolute atomic E-state index is 12.4. The first-order chi connectivity index (χ1) is 17.1. The van der Waals surface area contributed by atoms with Gasteiger partial charge >= 0.3 is 17.6 Å². The van der Waals surface area contributed by atoms with E-state index >= 15 is 0 Å². The second-order valence-corrected chi connectivity index (χ2v) is 7.63. The van der Waals surface area contributed by atoms with Crippen LogP contribution in [0.3, 0.4) is 0 Å². The van der Waals surface area contributed by atoms with Crippen molar-refractivity contribution in [2.75, 3.05) is 25.0 Å². The van der Waals surface area contributed by atoms with E-state index in [1.54, 1.807) is 0 Å². The molecule has 3 N–H and O–H groups in total. The van der Waals surface area contributed by atoms with Crippen molar-refractivity contribution < 1.29 is 28.8 Å². The van der Waals surface area contributed by atoms with Crippen LogP contribution in [0.2, 0.25) is 10.0 Å². The summed E-state index contributed by atoms with van der Waals surface area (Å²) in [7, 11) is 2.30. The number of carbonyl (C=O) groups excluding carboxylic acids is 3. The Hall–Kier alpha value is -4.49. The van der Waals surface area contributed by atoms with Crippen LogP contribution in [0.15, 0.2) is 42.7 Å². The molecule has 2 aromatic carbocycles. The summed E-state index contributed by atoms with van der Waals surface area (Å²) in [5, 5.41) is 14.9. The second kappa shape index (κ2) is 11.3. The molecule has 0 fully saturated rings. The molecule has 1 aromatic heterocycles. The van der Waals surface area contributed by atoms with E-state index in [4.69, 9.17) is 23.2 Å². The fourth-order valence-electron chi connectivity index (χ4n) is 2.90. The number of ether oxygens (including phenoxy) is 2.